The molecule has 10 rings (SSSR count). The van der Waals surface area contributed by atoms with Crippen LogP contribution in [0.15, 0.2) is 122 Å². The highest BCUT2D eigenvalue weighted by Crippen LogP contribution is 2.39. The number of aliphatic hydroxyl groups is 2. The van der Waals surface area contributed by atoms with Gasteiger partial charge in [0.05, 0.1) is 35.6 Å². The molecular weight excluding hydrogens is 1070 g/mol. The van der Waals surface area contributed by atoms with Gasteiger partial charge in [-0.25, -0.2) is 19.9 Å². The number of alkyl halides is 6. The minimum Gasteiger partial charge on any atom is -0.384 e. The summed E-state index contributed by atoms with van der Waals surface area (Å²) in [5.41, 5.74) is -1.34. The van der Waals surface area contributed by atoms with Gasteiger partial charge in [0.25, 0.3) is 11.8 Å². The summed E-state index contributed by atoms with van der Waals surface area (Å²) in [4.78, 5) is 79.1. The second-order valence-electron chi connectivity index (χ2n) is 21.1. The van der Waals surface area contributed by atoms with Crippen LogP contribution in [-0.4, -0.2) is 137 Å². The Hall–Kier alpha value is -7.80. The summed E-state index contributed by atoms with van der Waals surface area (Å²) >= 11 is 0. The van der Waals surface area contributed by atoms with E-state index in [-0.39, 0.29) is 60.2 Å². The molecule has 4 aromatic heterocycles. The number of carbonyl (C=O) groups excluding carboxylic acids is 4. The number of carbonyl (C=O) groups is 4. The van der Waals surface area contributed by atoms with Crippen LogP contribution in [-0.2, 0) is 33.1 Å². The number of hydrogen-bond donors (Lipinski definition) is 6. The molecule has 6 heterocycles. The van der Waals surface area contributed by atoms with E-state index in [0.29, 0.717) is 74.9 Å². The Labute approximate surface area is 468 Å². The quantitative estimate of drug-likeness (QED) is 0.0629. The molecule has 4 aliphatic rings. The molecular formula is C58H62F6N12O6. The Bertz CT molecular complexity index is 2930. The Kier molecular flexibility index (Phi) is 18.3. The van der Waals surface area contributed by atoms with E-state index in [1.54, 1.807) is 59.1 Å². The molecule has 18 nitrogen and oxygen atoms in total. The second kappa shape index (κ2) is 25.6. The topological polar surface area (TPSA) is 241 Å². The maximum Gasteiger partial charge on any atom is 0.416 e. The third-order valence-corrected chi connectivity index (χ3v) is 15.5. The monoisotopic (exact) mass is 1140 g/mol. The van der Waals surface area contributed by atoms with E-state index in [2.05, 4.69) is 51.2 Å². The van der Waals surface area contributed by atoms with Crippen molar-refractivity contribution in [2.75, 3.05) is 39.3 Å². The van der Waals surface area contributed by atoms with Crippen LogP contribution < -0.4 is 21.3 Å². The first-order chi connectivity index (χ1) is 39.2. The van der Waals surface area contributed by atoms with E-state index in [9.17, 15) is 55.7 Å². The SMILES string of the molecule is O=C(NCC(=O)N1CC[C@H](NC2CCC(O)(c3ccc(-c4ncccn4)cn3)CC2)C1)c1cccc(C(F)(F)F)c1.O=C(NCC(=O)N1CC[C@H](NC2CCC(O)(c3ccc(-c4ncccn4)cn3)CC2)C1)c1cccc(C(F)(F)F)c1. The molecule has 2 aromatic carbocycles. The van der Waals surface area contributed by atoms with E-state index in [0.717, 1.165) is 86.1 Å². The first kappa shape index (κ1) is 58.8. The van der Waals surface area contributed by atoms with Gasteiger partial charge < -0.3 is 41.3 Å². The van der Waals surface area contributed by atoms with E-state index in [1.165, 1.54) is 12.1 Å². The molecule has 0 bridgehead atoms. The van der Waals surface area contributed by atoms with Crippen LogP contribution in [0, 0.1) is 0 Å². The predicted molar refractivity (Wildman–Crippen MR) is 287 cm³/mol. The number of halogens is 6. The van der Waals surface area contributed by atoms with Crippen molar-refractivity contribution in [3.8, 4) is 22.8 Å². The van der Waals surface area contributed by atoms with Crippen LogP contribution in [0.1, 0.15) is 107 Å². The summed E-state index contributed by atoms with van der Waals surface area (Å²) < 4.78 is 77.5. The molecule has 2 saturated carbocycles. The normalized spacial score (nSPS) is 22.9. The van der Waals surface area contributed by atoms with Crippen molar-refractivity contribution in [1.29, 1.82) is 0 Å². The Morgan fingerprint density at radius 2 is 0.878 bits per heavy atom. The molecule has 0 spiro atoms. The van der Waals surface area contributed by atoms with Crippen LogP contribution in [0.3, 0.4) is 0 Å². The highest BCUT2D eigenvalue weighted by atomic mass is 19.4. The van der Waals surface area contributed by atoms with Gasteiger partial charge in [0.2, 0.25) is 11.8 Å². The summed E-state index contributed by atoms with van der Waals surface area (Å²) in [6, 6.07) is 19.6. The van der Waals surface area contributed by atoms with E-state index in [4.69, 9.17) is 0 Å². The molecule has 4 fully saturated rings. The Morgan fingerprint density at radius 3 is 1.22 bits per heavy atom. The van der Waals surface area contributed by atoms with Crippen molar-refractivity contribution in [2.45, 2.75) is 112 Å². The highest BCUT2D eigenvalue weighted by Gasteiger charge is 2.40. The van der Waals surface area contributed by atoms with Gasteiger partial charge in [0.15, 0.2) is 11.6 Å². The molecule has 82 heavy (non-hydrogen) atoms. The van der Waals surface area contributed by atoms with Gasteiger partial charge in [0, 0.05) is 110 Å². The lowest BCUT2D eigenvalue weighted by atomic mass is 9.79. The summed E-state index contributed by atoms with van der Waals surface area (Å²) in [7, 11) is 0. The van der Waals surface area contributed by atoms with Crippen LogP contribution in [0.2, 0.25) is 0 Å². The number of likely N-dealkylation sites (tertiary alicyclic amines) is 2. The minimum atomic E-state index is -4.55. The van der Waals surface area contributed by atoms with Crippen LogP contribution in [0.4, 0.5) is 26.3 Å². The lowest BCUT2D eigenvalue weighted by Gasteiger charge is -2.37. The molecule has 24 heteroatoms. The van der Waals surface area contributed by atoms with Gasteiger partial charge >= 0.3 is 12.4 Å². The molecule has 2 aliphatic heterocycles. The van der Waals surface area contributed by atoms with Crippen molar-refractivity contribution in [1.82, 2.24) is 61.0 Å². The van der Waals surface area contributed by atoms with Crippen molar-refractivity contribution in [3.05, 3.63) is 156 Å². The number of nitrogens with one attached hydrogen (secondary N) is 4. The zero-order valence-electron chi connectivity index (χ0n) is 44.5. The molecule has 6 aromatic rings. The first-order valence-corrected chi connectivity index (χ1v) is 27.1. The third-order valence-electron chi connectivity index (χ3n) is 15.5. The molecule has 2 saturated heterocycles. The van der Waals surface area contributed by atoms with Crippen molar-refractivity contribution in [3.63, 3.8) is 0 Å². The van der Waals surface area contributed by atoms with Gasteiger partial charge in [-0.3, -0.25) is 29.1 Å². The third kappa shape index (κ3) is 15.0. The summed E-state index contributed by atoms with van der Waals surface area (Å²) in [5.74, 6) is -0.885. The van der Waals surface area contributed by atoms with Gasteiger partial charge in [-0.1, -0.05) is 12.1 Å². The number of hydrogen-bond acceptors (Lipinski definition) is 14. The second-order valence-corrected chi connectivity index (χ2v) is 21.1. The van der Waals surface area contributed by atoms with Gasteiger partial charge in [-0.05, 0) is 137 Å². The van der Waals surface area contributed by atoms with E-state index >= 15 is 0 Å². The van der Waals surface area contributed by atoms with Crippen LogP contribution in [0.5, 0.6) is 0 Å². The number of benzene rings is 2. The summed E-state index contributed by atoms with van der Waals surface area (Å²) in [6.45, 7) is 1.41. The van der Waals surface area contributed by atoms with Crippen LogP contribution in [0.25, 0.3) is 22.8 Å². The molecule has 432 valence electrons. The molecule has 2 atom stereocenters. The maximum absolute atomic E-state index is 12.9. The largest absolute Gasteiger partial charge is 0.416 e. The van der Waals surface area contributed by atoms with Gasteiger partial charge in [-0.2, -0.15) is 26.3 Å². The Balaban J connectivity index is 0.000000198. The van der Waals surface area contributed by atoms with E-state index < -0.39 is 46.5 Å². The summed E-state index contributed by atoms with van der Waals surface area (Å²) in [5, 5.41) is 34.6. The number of nitrogens with zero attached hydrogens (tertiary/aromatic N) is 8. The maximum atomic E-state index is 12.9. The number of aromatic nitrogens is 6. The molecule has 2 aliphatic carbocycles. The Morgan fingerprint density at radius 1 is 0.500 bits per heavy atom. The average Bonchev–Trinajstić information content (AvgIpc) is 4.23. The van der Waals surface area contributed by atoms with Gasteiger partial charge in [-0.15, -0.1) is 0 Å². The van der Waals surface area contributed by atoms with E-state index in [1.807, 2.05) is 24.3 Å². The fourth-order valence-electron chi connectivity index (χ4n) is 10.9. The molecule has 4 amide bonds. The number of pyridine rings is 2. The highest BCUT2D eigenvalue weighted by molar-refractivity contribution is 5.97. The predicted octanol–water partition coefficient (Wildman–Crippen LogP) is 6.62. The lowest BCUT2D eigenvalue weighted by Crippen LogP contribution is -2.46. The van der Waals surface area contributed by atoms with Crippen molar-refractivity contribution < 1.29 is 55.7 Å². The molecule has 0 unspecified atom stereocenters. The molecule has 0 radical (unpaired) electrons. The van der Waals surface area contributed by atoms with Gasteiger partial charge in [0.1, 0.15) is 11.2 Å². The van der Waals surface area contributed by atoms with Crippen LogP contribution >= 0.6 is 0 Å². The number of rotatable bonds is 14. The lowest BCUT2D eigenvalue weighted by molar-refractivity contribution is -0.138. The average molecular weight is 1140 g/mol. The fourth-order valence-corrected chi connectivity index (χ4v) is 10.9. The molecule has 6 N–H and O–H groups in total. The fraction of sp³-hybridized carbons (Fsp3) is 0.414. The summed E-state index contributed by atoms with van der Waals surface area (Å²) in [6.07, 6.45) is 7.62. The minimum absolute atomic E-state index is 0.0811. The zero-order valence-corrected chi connectivity index (χ0v) is 44.5. The number of amides is 4. The first-order valence-electron chi connectivity index (χ1n) is 27.1. The smallest absolute Gasteiger partial charge is 0.384 e. The van der Waals surface area contributed by atoms with Crippen molar-refractivity contribution in [2.24, 2.45) is 0 Å². The van der Waals surface area contributed by atoms with Crippen molar-refractivity contribution >= 4 is 23.6 Å². The standard InChI is InChI=1S/2C29H31F3N6O3/c2*30-29(31,32)21-4-1-3-19(15-21)27(40)36-17-25(39)38-14-9-23(18-38)37-22-7-10-28(41,11-8-22)24-6-5-20(16-35-24)26-33-12-2-13-34-26/h2*1-6,12-13,15-16,22-23,37,41H,7-11,14,17-18H2,(H,36,40)/t2*22?,23-,28?/m00/s1. The zero-order chi connectivity index (χ0) is 58.1.